The maximum atomic E-state index is 12.2. The number of hydrogen-bond donors (Lipinski definition) is 0. The van der Waals surface area contributed by atoms with Crippen LogP contribution in [0.4, 0.5) is 11.4 Å². The molecule has 2 aromatic heterocycles. The molecule has 0 N–H and O–H groups in total. The zero-order valence-corrected chi connectivity index (χ0v) is 36.9. The van der Waals surface area contributed by atoms with E-state index in [0.717, 1.165) is 99.8 Å². The van der Waals surface area contributed by atoms with E-state index in [1.54, 1.807) is 24.3 Å². The van der Waals surface area contributed by atoms with Gasteiger partial charge in [-0.1, -0.05) is 146 Å². The topological polar surface area (TPSA) is 96.1 Å². The summed E-state index contributed by atoms with van der Waals surface area (Å²) in [5.41, 5.74) is 15.0. The quantitative estimate of drug-likeness (QED) is 0.112. The van der Waals surface area contributed by atoms with Crippen molar-refractivity contribution in [1.29, 1.82) is 0 Å². The lowest BCUT2D eigenvalue weighted by atomic mass is 9.67. The summed E-state index contributed by atoms with van der Waals surface area (Å²) in [6.07, 6.45) is 0. The van der Waals surface area contributed by atoms with Gasteiger partial charge in [0, 0.05) is 57.2 Å². The molecule has 0 atom stereocenters. The summed E-state index contributed by atoms with van der Waals surface area (Å²) in [6.45, 7) is 0. The third kappa shape index (κ3) is 6.02. The van der Waals surface area contributed by atoms with Crippen molar-refractivity contribution in [2.45, 2.75) is 5.41 Å². The maximum Gasteiger partial charge on any atom is 0.269 e. The zero-order valence-electron chi connectivity index (χ0n) is 36.9. The number of fused-ring (bicyclic) bond motifs is 9. The van der Waals surface area contributed by atoms with Crippen LogP contribution in [0.3, 0.4) is 0 Å². The minimum Gasteiger partial charge on any atom is -0.309 e. The molecule has 1 aliphatic carbocycles. The summed E-state index contributed by atoms with van der Waals surface area (Å²) in [6, 6.07) is 77.8. The number of aromatic nitrogens is 2. The molecule has 13 rings (SSSR count). The molecule has 326 valence electrons. The first kappa shape index (κ1) is 39.9. The van der Waals surface area contributed by atoms with Crippen molar-refractivity contribution in [3.63, 3.8) is 0 Å². The molecule has 2 heterocycles. The van der Waals surface area contributed by atoms with Crippen molar-refractivity contribution in [3.8, 4) is 44.8 Å². The fourth-order valence-corrected chi connectivity index (χ4v) is 11.1. The largest absolute Gasteiger partial charge is 0.309 e. The van der Waals surface area contributed by atoms with E-state index in [1.165, 1.54) is 10.8 Å². The molecule has 12 aromatic rings. The van der Waals surface area contributed by atoms with Crippen molar-refractivity contribution >= 4 is 55.0 Å². The molecule has 0 fully saturated rings. The van der Waals surface area contributed by atoms with E-state index >= 15 is 0 Å². The van der Waals surface area contributed by atoms with Gasteiger partial charge < -0.3 is 9.13 Å². The van der Waals surface area contributed by atoms with Gasteiger partial charge in [-0.3, -0.25) is 20.2 Å². The zero-order chi connectivity index (χ0) is 46.4. The van der Waals surface area contributed by atoms with Crippen LogP contribution in [-0.4, -0.2) is 19.0 Å². The molecule has 0 saturated carbocycles. The van der Waals surface area contributed by atoms with Crippen LogP contribution in [-0.2, 0) is 5.41 Å². The van der Waals surface area contributed by atoms with Crippen molar-refractivity contribution in [1.82, 2.24) is 9.13 Å². The minimum atomic E-state index is -1.05. The first-order valence-electron chi connectivity index (χ1n) is 22.8. The predicted molar refractivity (Wildman–Crippen MR) is 277 cm³/mol. The standard InChI is InChI=1S/C61H38N4O4/c66-64(67)47-27-23-43(24-28-47)61(44-25-29-48(30-26-44)65(68)69)55-35-39(41-21-33-53-51-15-7-9-17-57(51)62(59(53)37-41)45-11-3-1-4-12-45)19-31-49(55)50-32-20-40(36-56(50)61)42-22-34-54-52-16-8-10-18-58(52)63(60(54)38-42)46-13-5-2-6-14-46/h1-38H. The number of hydrogen-bond acceptors (Lipinski definition) is 4. The molecule has 0 spiro atoms. The third-order valence-corrected chi connectivity index (χ3v) is 14.2. The second kappa shape index (κ2) is 15.3. The molecule has 0 bridgehead atoms. The van der Waals surface area contributed by atoms with E-state index in [1.807, 2.05) is 36.4 Å². The van der Waals surface area contributed by atoms with Crippen LogP contribution in [0.1, 0.15) is 22.3 Å². The highest BCUT2D eigenvalue weighted by atomic mass is 16.6. The Bertz CT molecular complexity index is 3800. The number of nitrogens with zero attached hydrogens (tertiary/aromatic N) is 4. The Balaban J connectivity index is 1.06. The number of non-ortho nitro benzene ring substituents is 2. The molecule has 8 heteroatoms. The Morgan fingerprint density at radius 3 is 1.09 bits per heavy atom. The van der Waals surface area contributed by atoms with Crippen LogP contribution in [0, 0.1) is 20.2 Å². The Morgan fingerprint density at radius 1 is 0.333 bits per heavy atom. The lowest BCUT2D eigenvalue weighted by Crippen LogP contribution is -2.28. The molecule has 0 saturated heterocycles. The number of nitro benzene ring substituents is 2. The van der Waals surface area contributed by atoms with Gasteiger partial charge in [0.2, 0.25) is 0 Å². The van der Waals surface area contributed by atoms with Crippen molar-refractivity contribution in [2.24, 2.45) is 0 Å². The summed E-state index contributed by atoms with van der Waals surface area (Å²) in [4.78, 5) is 23.5. The van der Waals surface area contributed by atoms with Gasteiger partial charge in [-0.15, -0.1) is 0 Å². The van der Waals surface area contributed by atoms with Gasteiger partial charge >= 0.3 is 0 Å². The second-order valence-corrected chi connectivity index (χ2v) is 17.7. The van der Waals surface area contributed by atoms with Gasteiger partial charge in [0.05, 0.1) is 37.3 Å². The third-order valence-electron chi connectivity index (χ3n) is 14.2. The number of nitro groups is 2. The first-order chi connectivity index (χ1) is 33.9. The average molecular weight is 891 g/mol. The summed E-state index contributed by atoms with van der Waals surface area (Å²) < 4.78 is 4.63. The second-order valence-electron chi connectivity index (χ2n) is 17.7. The van der Waals surface area contributed by atoms with E-state index < -0.39 is 5.41 Å². The van der Waals surface area contributed by atoms with E-state index in [0.29, 0.717) is 0 Å². The Labute approximate surface area is 395 Å². The first-order valence-corrected chi connectivity index (χ1v) is 22.8. The van der Waals surface area contributed by atoms with E-state index in [2.05, 4.69) is 179 Å². The molecule has 10 aromatic carbocycles. The average Bonchev–Trinajstić information content (AvgIpc) is 4.02. The molecule has 0 radical (unpaired) electrons. The molecule has 0 amide bonds. The van der Waals surface area contributed by atoms with Gasteiger partial charge in [0.25, 0.3) is 11.4 Å². The van der Waals surface area contributed by atoms with Gasteiger partial charge in [-0.25, -0.2) is 0 Å². The summed E-state index contributed by atoms with van der Waals surface area (Å²) in [5, 5.41) is 28.9. The maximum absolute atomic E-state index is 12.2. The lowest BCUT2D eigenvalue weighted by Gasteiger charge is -2.34. The van der Waals surface area contributed by atoms with E-state index in [9.17, 15) is 20.2 Å². The van der Waals surface area contributed by atoms with Gasteiger partial charge in [0.1, 0.15) is 0 Å². The molecule has 0 unspecified atom stereocenters. The van der Waals surface area contributed by atoms with Gasteiger partial charge in [-0.05, 0) is 116 Å². The highest BCUT2D eigenvalue weighted by molar-refractivity contribution is 6.11. The van der Waals surface area contributed by atoms with Gasteiger partial charge in [-0.2, -0.15) is 0 Å². The Kier molecular flexibility index (Phi) is 8.87. The van der Waals surface area contributed by atoms with Gasteiger partial charge in [0.15, 0.2) is 0 Å². The molecular weight excluding hydrogens is 853 g/mol. The van der Waals surface area contributed by atoms with Crippen LogP contribution in [0.25, 0.3) is 88.4 Å². The van der Waals surface area contributed by atoms with Crippen molar-refractivity contribution < 1.29 is 9.85 Å². The van der Waals surface area contributed by atoms with Crippen LogP contribution in [0.2, 0.25) is 0 Å². The minimum absolute atomic E-state index is 0.0252. The highest BCUT2D eigenvalue weighted by Crippen LogP contribution is 2.58. The SMILES string of the molecule is O=[N+]([O-])c1ccc(C2(c3ccc([N+](=O)[O-])cc3)c3cc(-c4ccc5c6ccccc6n(-c6ccccc6)c5c4)ccc3-c3ccc(-c4ccc5c6ccccc6n(-c6ccccc6)c5c4)cc32)cc1. The van der Waals surface area contributed by atoms with Crippen LogP contribution in [0.15, 0.2) is 231 Å². The van der Waals surface area contributed by atoms with Crippen LogP contribution >= 0.6 is 0 Å². The van der Waals surface area contributed by atoms with Crippen molar-refractivity contribution in [3.05, 3.63) is 273 Å². The number of para-hydroxylation sites is 4. The number of benzene rings is 10. The number of rotatable bonds is 8. The molecular formula is C61H38N4O4. The normalized spacial score (nSPS) is 12.7. The summed E-state index contributed by atoms with van der Waals surface area (Å²) in [5.74, 6) is 0. The smallest absolute Gasteiger partial charge is 0.269 e. The summed E-state index contributed by atoms with van der Waals surface area (Å²) in [7, 11) is 0. The fourth-order valence-electron chi connectivity index (χ4n) is 11.1. The molecule has 1 aliphatic rings. The molecule has 0 aliphatic heterocycles. The monoisotopic (exact) mass is 890 g/mol. The Morgan fingerprint density at radius 2 is 0.681 bits per heavy atom. The highest BCUT2D eigenvalue weighted by Gasteiger charge is 2.47. The van der Waals surface area contributed by atoms with Crippen LogP contribution < -0.4 is 0 Å². The van der Waals surface area contributed by atoms with E-state index in [4.69, 9.17) is 0 Å². The van der Waals surface area contributed by atoms with Crippen molar-refractivity contribution in [2.75, 3.05) is 0 Å². The molecule has 8 nitrogen and oxygen atoms in total. The van der Waals surface area contributed by atoms with Crippen LogP contribution in [0.5, 0.6) is 0 Å². The predicted octanol–water partition coefficient (Wildman–Crippen LogP) is 15.4. The Hall–Kier alpha value is -9.40. The fraction of sp³-hybridized carbons (Fsp3) is 0.0164. The molecule has 69 heavy (non-hydrogen) atoms. The lowest BCUT2D eigenvalue weighted by molar-refractivity contribution is -0.385. The summed E-state index contributed by atoms with van der Waals surface area (Å²) >= 11 is 0. The van der Waals surface area contributed by atoms with E-state index in [-0.39, 0.29) is 21.2 Å².